The fourth-order valence-electron chi connectivity index (χ4n) is 5.27. The number of piperidine rings is 1. The third-order valence-electron chi connectivity index (χ3n) is 7.54. The molecule has 2 aromatic carbocycles. The minimum Gasteiger partial charge on any atom is -0.457 e. The number of aromatic nitrogens is 6. The van der Waals surface area contributed by atoms with Crippen molar-refractivity contribution in [1.82, 2.24) is 29.5 Å². The van der Waals surface area contributed by atoms with Gasteiger partial charge in [0.1, 0.15) is 28.9 Å². The molecular formula is C27H26N8O. The Morgan fingerprint density at radius 2 is 1.97 bits per heavy atom. The van der Waals surface area contributed by atoms with E-state index >= 15 is 0 Å². The molecule has 5 aromatic rings. The Labute approximate surface area is 208 Å². The molecule has 9 heteroatoms. The van der Waals surface area contributed by atoms with Gasteiger partial charge in [-0.05, 0) is 60.6 Å². The first-order valence-corrected chi connectivity index (χ1v) is 12.1. The molecule has 3 aromatic heterocycles. The van der Waals surface area contributed by atoms with Crippen molar-refractivity contribution in [2.24, 2.45) is 18.4 Å². The molecule has 2 fully saturated rings. The Hall–Kier alpha value is -4.27. The number of hydrogen-bond donors (Lipinski definition) is 1. The van der Waals surface area contributed by atoms with Gasteiger partial charge in [-0.15, -0.1) is 0 Å². The van der Waals surface area contributed by atoms with Crippen LogP contribution in [0.15, 0.2) is 55.2 Å². The lowest BCUT2D eigenvalue weighted by Gasteiger charge is -2.19. The van der Waals surface area contributed by atoms with E-state index in [2.05, 4.69) is 37.1 Å². The lowest BCUT2D eigenvalue weighted by molar-refractivity contribution is 0.479. The minimum absolute atomic E-state index is 0.428. The monoisotopic (exact) mass is 478 g/mol. The largest absolute Gasteiger partial charge is 0.457 e. The first-order chi connectivity index (χ1) is 17.4. The average Bonchev–Trinajstić information content (AvgIpc) is 3.17. The molecule has 2 unspecified atom stereocenters. The Morgan fingerprint density at radius 3 is 2.81 bits per heavy atom. The van der Waals surface area contributed by atoms with E-state index in [4.69, 9.17) is 9.72 Å². The molecule has 9 nitrogen and oxygen atoms in total. The van der Waals surface area contributed by atoms with Gasteiger partial charge in [-0.2, -0.15) is 0 Å². The first-order valence-electron chi connectivity index (χ1n) is 12.1. The lowest BCUT2D eigenvalue weighted by Crippen LogP contribution is -2.25. The molecule has 0 bridgehead atoms. The van der Waals surface area contributed by atoms with Crippen molar-refractivity contribution in [3.8, 4) is 11.5 Å². The Kier molecular flexibility index (Phi) is 4.45. The normalized spacial score (nSPS) is 20.6. The molecule has 1 N–H and O–H groups in total. The summed E-state index contributed by atoms with van der Waals surface area (Å²) in [4.78, 5) is 25.0. The number of benzene rings is 2. The molecule has 0 amide bonds. The number of nitrogens with one attached hydrogen (secondary N) is 1. The first kappa shape index (κ1) is 21.0. The van der Waals surface area contributed by atoms with Gasteiger partial charge in [0, 0.05) is 31.9 Å². The summed E-state index contributed by atoms with van der Waals surface area (Å²) in [5, 5.41) is 3.42. The van der Waals surface area contributed by atoms with Gasteiger partial charge >= 0.3 is 0 Å². The van der Waals surface area contributed by atoms with Crippen LogP contribution in [-0.4, -0.2) is 42.6 Å². The standard InChI is InChI=1S/C27H26N8O/c1-16-8-18(4-7-23(16)36-19-5-6-22-20(9-19)31-15-34(22)3)32-25-24-21(29-14-30-25)11-28-26(33-24)35-12-17-10-27(17,2)13-35/h4-9,11,14-15,17H,10,12-13H2,1-3H3,(H,29,30,32). The molecule has 0 radical (unpaired) electrons. The van der Waals surface area contributed by atoms with E-state index in [0.29, 0.717) is 16.7 Å². The molecule has 0 spiro atoms. The fourth-order valence-corrected chi connectivity index (χ4v) is 5.27. The Bertz CT molecular complexity index is 1650. The maximum Gasteiger partial charge on any atom is 0.226 e. The molecule has 4 heterocycles. The number of imidazole rings is 1. The van der Waals surface area contributed by atoms with Crippen LogP contribution in [0.5, 0.6) is 11.5 Å². The highest BCUT2D eigenvalue weighted by atomic mass is 16.5. The predicted molar refractivity (Wildman–Crippen MR) is 139 cm³/mol. The summed E-state index contributed by atoms with van der Waals surface area (Å²) < 4.78 is 8.16. The van der Waals surface area contributed by atoms with Gasteiger partial charge in [-0.3, -0.25) is 0 Å². The molecule has 1 aliphatic heterocycles. The van der Waals surface area contributed by atoms with Crippen molar-refractivity contribution in [3.05, 3.63) is 60.8 Å². The molecule has 2 atom stereocenters. The third-order valence-corrected chi connectivity index (χ3v) is 7.54. The summed E-state index contributed by atoms with van der Waals surface area (Å²) in [7, 11) is 1.98. The molecule has 1 saturated carbocycles. The number of rotatable bonds is 5. The van der Waals surface area contributed by atoms with Crippen molar-refractivity contribution in [2.45, 2.75) is 20.3 Å². The van der Waals surface area contributed by atoms with Gasteiger partial charge in [-0.1, -0.05) is 6.92 Å². The Morgan fingerprint density at radius 1 is 1.06 bits per heavy atom. The van der Waals surface area contributed by atoms with Crippen LogP contribution in [0.1, 0.15) is 18.9 Å². The van der Waals surface area contributed by atoms with E-state index in [0.717, 1.165) is 64.3 Å². The summed E-state index contributed by atoms with van der Waals surface area (Å²) in [6, 6.07) is 11.9. The second-order valence-corrected chi connectivity index (χ2v) is 10.3. The SMILES string of the molecule is Cc1cc(Nc2ncnc3cnc(N4CC5CC5(C)C4)nc23)ccc1Oc1ccc2c(c1)ncn2C. The third kappa shape index (κ3) is 3.50. The number of anilines is 3. The van der Waals surface area contributed by atoms with E-state index in [1.54, 1.807) is 12.5 Å². The van der Waals surface area contributed by atoms with Crippen molar-refractivity contribution in [1.29, 1.82) is 0 Å². The molecule has 2 aliphatic rings. The van der Waals surface area contributed by atoms with Crippen LogP contribution in [0.25, 0.3) is 22.1 Å². The van der Waals surface area contributed by atoms with Crippen molar-refractivity contribution in [2.75, 3.05) is 23.3 Å². The number of aryl methyl sites for hydroxylation is 2. The second kappa shape index (κ2) is 7.61. The zero-order valence-corrected chi connectivity index (χ0v) is 20.4. The van der Waals surface area contributed by atoms with Crippen LogP contribution in [0.2, 0.25) is 0 Å². The number of nitrogens with zero attached hydrogens (tertiary/aromatic N) is 7. The molecule has 1 saturated heterocycles. The highest BCUT2D eigenvalue weighted by molar-refractivity contribution is 5.87. The van der Waals surface area contributed by atoms with Crippen molar-refractivity contribution in [3.63, 3.8) is 0 Å². The average molecular weight is 479 g/mol. The van der Waals surface area contributed by atoms with Crippen LogP contribution in [0, 0.1) is 18.3 Å². The number of hydrogen-bond acceptors (Lipinski definition) is 8. The number of fused-ring (bicyclic) bond motifs is 3. The zero-order chi connectivity index (χ0) is 24.4. The molecule has 7 rings (SSSR count). The minimum atomic E-state index is 0.428. The Balaban J connectivity index is 1.14. The zero-order valence-electron chi connectivity index (χ0n) is 20.4. The van der Waals surface area contributed by atoms with Gasteiger partial charge < -0.3 is 19.5 Å². The van der Waals surface area contributed by atoms with Crippen LogP contribution in [-0.2, 0) is 7.05 Å². The summed E-state index contributed by atoms with van der Waals surface area (Å²) >= 11 is 0. The molecular weight excluding hydrogens is 452 g/mol. The number of ether oxygens (including phenoxy) is 1. The lowest BCUT2D eigenvalue weighted by atomic mass is 10.1. The maximum atomic E-state index is 6.17. The van der Waals surface area contributed by atoms with E-state index in [1.165, 1.54) is 12.7 Å². The van der Waals surface area contributed by atoms with E-state index < -0.39 is 0 Å². The molecule has 180 valence electrons. The van der Waals surface area contributed by atoms with Crippen molar-refractivity contribution < 1.29 is 4.74 Å². The quantitative estimate of drug-likeness (QED) is 0.377. The topological polar surface area (TPSA) is 93.9 Å². The maximum absolute atomic E-state index is 6.17. The van der Waals surface area contributed by atoms with E-state index in [1.807, 2.05) is 54.9 Å². The van der Waals surface area contributed by atoms with Gasteiger partial charge in [0.05, 0.1) is 23.6 Å². The second-order valence-electron chi connectivity index (χ2n) is 10.3. The smallest absolute Gasteiger partial charge is 0.226 e. The van der Waals surface area contributed by atoms with Gasteiger partial charge in [0.25, 0.3) is 0 Å². The highest BCUT2D eigenvalue weighted by Crippen LogP contribution is 2.57. The molecule has 1 aliphatic carbocycles. The van der Waals surface area contributed by atoms with E-state index in [-0.39, 0.29) is 0 Å². The summed E-state index contributed by atoms with van der Waals surface area (Å²) in [5.74, 6) is 3.71. The van der Waals surface area contributed by atoms with Crippen LogP contribution in [0.4, 0.5) is 17.5 Å². The highest BCUT2D eigenvalue weighted by Gasteiger charge is 2.56. The summed E-state index contributed by atoms with van der Waals surface area (Å²) in [6.07, 6.45) is 6.44. The van der Waals surface area contributed by atoms with Crippen LogP contribution < -0.4 is 15.0 Å². The van der Waals surface area contributed by atoms with Crippen molar-refractivity contribution >= 4 is 39.5 Å². The predicted octanol–water partition coefficient (Wildman–Crippen LogP) is 5.00. The van der Waals surface area contributed by atoms with Crippen LogP contribution in [0.3, 0.4) is 0 Å². The summed E-state index contributed by atoms with van der Waals surface area (Å²) in [6.45, 7) is 6.40. The van der Waals surface area contributed by atoms with Crippen LogP contribution >= 0.6 is 0 Å². The summed E-state index contributed by atoms with van der Waals surface area (Å²) in [5.41, 5.74) is 5.73. The van der Waals surface area contributed by atoms with Gasteiger partial charge in [0.2, 0.25) is 5.95 Å². The fraction of sp³-hybridized carbons (Fsp3) is 0.296. The molecule has 36 heavy (non-hydrogen) atoms. The van der Waals surface area contributed by atoms with Gasteiger partial charge in [0.15, 0.2) is 5.82 Å². The van der Waals surface area contributed by atoms with E-state index in [9.17, 15) is 0 Å². The van der Waals surface area contributed by atoms with Gasteiger partial charge in [-0.25, -0.2) is 24.9 Å².